The Bertz CT molecular complexity index is 391. The molecule has 4 nitrogen and oxygen atoms in total. The monoisotopic (exact) mass is 248 g/mol. The highest BCUT2D eigenvalue weighted by molar-refractivity contribution is 5.57. The van der Waals surface area contributed by atoms with E-state index in [0.29, 0.717) is 11.9 Å². The molecule has 0 radical (unpaired) electrons. The Morgan fingerprint density at radius 2 is 2.17 bits per heavy atom. The Morgan fingerprint density at radius 3 is 2.94 bits per heavy atom. The normalized spacial score (nSPS) is 20.8. The van der Waals surface area contributed by atoms with E-state index in [1.165, 1.54) is 25.7 Å². The van der Waals surface area contributed by atoms with Crippen molar-refractivity contribution in [2.24, 2.45) is 0 Å². The molecule has 1 saturated heterocycles. The maximum atomic E-state index is 6.02. The van der Waals surface area contributed by atoms with Crippen LogP contribution >= 0.6 is 0 Å². The minimum absolute atomic E-state index is 0.553. The lowest BCUT2D eigenvalue weighted by molar-refractivity contribution is 0.608. The summed E-state index contributed by atoms with van der Waals surface area (Å²) in [7, 11) is 0. The molecule has 0 spiro atoms. The summed E-state index contributed by atoms with van der Waals surface area (Å²) in [6, 6.07) is 0.553. The van der Waals surface area contributed by atoms with Crippen LogP contribution in [0.25, 0.3) is 0 Å². The predicted molar refractivity (Wildman–Crippen MR) is 75.7 cm³/mol. The molecule has 0 amide bonds. The van der Waals surface area contributed by atoms with Gasteiger partial charge in [-0.15, -0.1) is 0 Å². The summed E-state index contributed by atoms with van der Waals surface area (Å²) >= 11 is 0. The van der Waals surface area contributed by atoms with Gasteiger partial charge in [-0.3, -0.25) is 0 Å². The molecule has 2 N–H and O–H groups in total. The van der Waals surface area contributed by atoms with Crippen LogP contribution in [0.1, 0.15) is 51.5 Å². The Labute approximate surface area is 110 Å². The van der Waals surface area contributed by atoms with Crippen LogP contribution in [0.5, 0.6) is 0 Å². The number of nitrogens with zero attached hydrogens (tertiary/aromatic N) is 3. The van der Waals surface area contributed by atoms with Gasteiger partial charge in [0.2, 0.25) is 0 Å². The Hall–Kier alpha value is -1.32. The fourth-order valence-electron chi connectivity index (χ4n) is 2.74. The van der Waals surface area contributed by atoms with Crippen molar-refractivity contribution in [1.29, 1.82) is 0 Å². The van der Waals surface area contributed by atoms with Crippen molar-refractivity contribution >= 4 is 11.6 Å². The van der Waals surface area contributed by atoms with E-state index >= 15 is 0 Å². The third-order valence-electron chi connectivity index (χ3n) is 3.78. The first-order chi connectivity index (χ1) is 8.74. The molecule has 1 aromatic rings. The summed E-state index contributed by atoms with van der Waals surface area (Å²) < 4.78 is 0. The summed E-state index contributed by atoms with van der Waals surface area (Å²) in [5.74, 6) is 1.72. The number of nitrogens with two attached hydrogens (primary N) is 1. The second-order valence-corrected chi connectivity index (χ2v) is 5.20. The fourth-order valence-corrected chi connectivity index (χ4v) is 2.74. The number of hydrogen-bond acceptors (Lipinski definition) is 4. The molecular weight excluding hydrogens is 224 g/mol. The second kappa shape index (κ2) is 6.03. The number of aromatic nitrogens is 2. The van der Waals surface area contributed by atoms with Gasteiger partial charge in [-0.1, -0.05) is 26.2 Å². The summed E-state index contributed by atoms with van der Waals surface area (Å²) in [5, 5.41) is 0. The molecule has 0 bridgehead atoms. The summed E-state index contributed by atoms with van der Waals surface area (Å²) in [4.78, 5) is 11.1. The second-order valence-electron chi connectivity index (χ2n) is 5.20. The molecule has 1 atom stereocenters. The highest BCUT2D eigenvalue weighted by atomic mass is 15.2. The van der Waals surface area contributed by atoms with Gasteiger partial charge in [-0.2, -0.15) is 0 Å². The van der Waals surface area contributed by atoms with Gasteiger partial charge < -0.3 is 10.6 Å². The lowest BCUT2D eigenvalue weighted by Crippen LogP contribution is -2.34. The van der Waals surface area contributed by atoms with Gasteiger partial charge in [0.1, 0.15) is 18.0 Å². The zero-order valence-corrected chi connectivity index (χ0v) is 11.5. The van der Waals surface area contributed by atoms with Crippen LogP contribution < -0.4 is 10.6 Å². The third-order valence-corrected chi connectivity index (χ3v) is 3.78. The van der Waals surface area contributed by atoms with E-state index in [9.17, 15) is 0 Å². The average Bonchev–Trinajstić information content (AvgIpc) is 2.57. The van der Waals surface area contributed by atoms with Crippen LogP contribution in [0, 0.1) is 0 Å². The van der Waals surface area contributed by atoms with Gasteiger partial charge in [0.05, 0.1) is 0 Å². The van der Waals surface area contributed by atoms with Gasteiger partial charge in [0.15, 0.2) is 0 Å². The lowest BCUT2D eigenvalue weighted by atomic mass is 10.1. The first-order valence-corrected chi connectivity index (χ1v) is 7.10. The molecule has 2 rings (SSSR count). The summed E-state index contributed by atoms with van der Waals surface area (Å²) in [6.45, 7) is 5.55. The van der Waals surface area contributed by atoms with E-state index in [1.54, 1.807) is 6.33 Å². The Morgan fingerprint density at radius 1 is 1.33 bits per heavy atom. The third kappa shape index (κ3) is 2.74. The van der Waals surface area contributed by atoms with Crippen molar-refractivity contribution in [2.45, 2.75) is 58.4 Å². The van der Waals surface area contributed by atoms with Crippen LogP contribution in [0.2, 0.25) is 0 Å². The van der Waals surface area contributed by atoms with Crippen LogP contribution in [0.15, 0.2) is 6.33 Å². The minimum atomic E-state index is 0.553. The first kappa shape index (κ1) is 13.1. The minimum Gasteiger partial charge on any atom is -0.383 e. The highest BCUT2D eigenvalue weighted by Crippen LogP contribution is 2.28. The van der Waals surface area contributed by atoms with Crippen molar-refractivity contribution in [3.63, 3.8) is 0 Å². The number of hydrogen-bond donors (Lipinski definition) is 1. The molecule has 0 aromatic carbocycles. The first-order valence-electron chi connectivity index (χ1n) is 7.10. The molecule has 18 heavy (non-hydrogen) atoms. The smallest absolute Gasteiger partial charge is 0.137 e. The van der Waals surface area contributed by atoms with E-state index in [4.69, 9.17) is 5.73 Å². The van der Waals surface area contributed by atoms with Crippen LogP contribution in [0.3, 0.4) is 0 Å². The van der Waals surface area contributed by atoms with Crippen LogP contribution in [0.4, 0.5) is 11.6 Å². The van der Waals surface area contributed by atoms with Gasteiger partial charge in [-0.25, -0.2) is 9.97 Å². The molecule has 1 fully saturated rings. The van der Waals surface area contributed by atoms with Crippen LogP contribution in [-0.2, 0) is 6.42 Å². The quantitative estimate of drug-likeness (QED) is 0.893. The number of anilines is 2. The van der Waals surface area contributed by atoms with Gasteiger partial charge in [-0.05, 0) is 26.2 Å². The summed E-state index contributed by atoms with van der Waals surface area (Å²) in [6.07, 6.45) is 8.78. The van der Waals surface area contributed by atoms with Crippen molar-refractivity contribution in [2.75, 3.05) is 17.2 Å². The maximum Gasteiger partial charge on any atom is 0.137 e. The van der Waals surface area contributed by atoms with Crippen molar-refractivity contribution in [3.8, 4) is 0 Å². The molecule has 4 heteroatoms. The molecule has 0 aliphatic carbocycles. The van der Waals surface area contributed by atoms with E-state index in [2.05, 4.69) is 28.7 Å². The fraction of sp³-hybridized carbons (Fsp3) is 0.714. The molecule has 1 unspecified atom stereocenters. The SMILES string of the molecule is CCCc1c(N)ncnc1N1CCCCCC1C. The average molecular weight is 248 g/mol. The molecular formula is C14H24N4. The van der Waals surface area contributed by atoms with Crippen molar-refractivity contribution in [1.82, 2.24) is 9.97 Å². The molecule has 1 aliphatic rings. The number of nitrogen functional groups attached to an aromatic ring is 1. The standard InChI is InChI=1S/C14H24N4/c1-3-7-12-13(15)16-10-17-14(12)18-9-6-4-5-8-11(18)2/h10-11H,3-9H2,1-2H3,(H2,15,16,17). The molecule has 0 saturated carbocycles. The Balaban J connectivity index is 2.32. The number of rotatable bonds is 3. The van der Waals surface area contributed by atoms with Crippen molar-refractivity contribution in [3.05, 3.63) is 11.9 Å². The van der Waals surface area contributed by atoms with Gasteiger partial charge >= 0.3 is 0 Å². The van der Waals surface area contributed by atoms with Gasteiger partial charge in [0, 0.05) is 18.2 Å². The van der Waals surface area contributed by atoms with E-state index in [0.717, 1.165) is 30.8 Å². The Kier molecular flexibility index (Phi) is 4.39. The predicted octanol–water partition coefficient (Wildman–Crippen LogP) is 2.78. The zero-order chi connectivity index (χ0) is 13.0. The van der Waals surface area contributed by atoms with E-state index < -0.39 is 0 Å². The molecule has 1 aromatic heterocycles. The topological polar surface area (TPSA) is 55.0 Å². The highest BCUT2D eigenvalue weighted by Gasteiger charge is 2.21. The summed E-state index contributed by atoms with van der Waals surface area (Å²) in [5.41, 5.74) is 7.15. The zero-order valence-electron chi connectivity index (χ0n) is 11.5. The van der Waals surface area contributed by atoms with Crippen LogP contribution in [-0.4, -0.2) is 22.6 Å². The molecule has 2 heterocycles. The maximum absolute atomic E-state index is 6.02. The van der Waals surface area contributed by atoms with E-state index in [1.807, 2.05) is 0 Å². The molecule has 1 aliphatic heterocycles. The van der Waals surface area contributed by atoms with E-state index in [-0.39, 0.29) is 0 Å². The lowest BCUT2D eigenvalue weighted by Gasteiger charge is -2.30. The molecule has 100 valence electrons. The van der Waals surface area contributed by atoms with Gasteiger partial charge in [0.25, 0.3) is 0 Å². The van der Waals surface area contributed by atoms with Crippen molar-refractivity contribution < 1.29 is 0 Å². The largest absolute Gasteiger partial charge is 0.383 e.